The molecule has 1 heterocycles. The molecule has 4 rings (SSSR count). The smallest absolute Gasteiger partial charge is 0.175 e. The lowest BCUT2D eigenvalue weighted by atomic mass is 10.1. The molecule has 2 aromatic carbocycles. The maximum atomic E-state index is 11.7. The lowest BCUT2D eigenvalue weighted by molar-refractivity contribution is 0.172. The Hall–Kier alpha value is -2.05. The first-order valence-corrected chi connectivity index (χ1v) is 11.7. The van der Waals surface area contributed by atoms with Gasteiger partial charge in [0, 0.05) is 31.5 Å². The number of piperidine rings is 1. The zero-order chi connectivity index (χ0) is 19.7. The SMILES string of the molecule is COc1cc(OCCN2C[C@H]3CC[C@@H]2C3)cc(-c2ccc(S(C)(=O)=O)cc2)c1. The zero-order valence-electron chi connectivity index (χ0n) is 16.4. The maximum Gasteiger partial charge on any atom is 0.175 e. The van der Waals surface area contributed by atoms with Crippen molar-refractivity contribution >= 4 is 9.84 Å². The number of nitrogens with zero attached hydrogens (tertiary/aromatic N) is 1. The van der Waals surface area contributed by atoms with Crippen LogP contribution >= 0.6 is 0 Å². The molecule has 2 aliphatic rings. The van der Waals surface area contributed by atoms with Crippen LogP contribution in [0.3, 0.4) is 0 Å². The van der Waals surface area contributed by atoms with Gasteiger partial charge in [0.1, 0.15) is 18.1 Å². The lowest BCUT2D eigenvalue weighted by Crippen LogP contribution is -2.35. The molecule has 5 nitrogen and oxygen atoms in total. The number of hydrogen-bond donors (Lipinski definition) is 0. The fourth-order valence-electron chi connectivity index (χ4n) is 4.42. The molecule has 6 heteroatoms. The molecule has 1 saturated heterocycles. The summed E-state index contributed by atoms with van der Waals surface area (Å²) in [6, 6.07) is 13.5. The fraction of sp³-hybridized carbons (Fsp3) is 0.455. The van der Waals surface area contributed by atoms with E-state index in [1.54, 1.807) is 19.2 Å². The van der Waals surface area contributed by atoms with E-state index >= 15 is 0 Å². The van der Waals surface area contributed by atoms with Crippen molar-refractivity contribution in [2.24, 2.45) is 5.92 Å². The molecule has 1 aliphatic heterocycles. The molecule has 2 aromatic rings. The summed E-state index contributed by atoms with van der Waals surface area (Å²) < 4.78 is 34.8. The number of likely N-dealkylation sites (tertiary alicyclic amines) is 1. The highest BCUT2D eigenvalue weighted by Gasteiger charge is 2.37. The standard InChI is InChI=1S/C22H27NO4S/c1-26-20-12-18(17-4-7-22(8-5-17)28(2,24)25)13-21(14-20)27-10-9-23-15-16-3-6-19(23)11-16/h4-5,7-8,12-14,16,19H,3,6,9-11,15H2,1-2H3/t16-,19+/m0/s1. The Kier molecular flexibility index (Phi) is 5.34. The second-order valence-corrected chi connectivity index (χ2v) is 9.89. The molecule has 0 aromatic heterocycles. The van der Waals surface area contributed by atoms with E-state index < -0.39 is 9.84 Å². The van der Waals surface area contributed by atoms with Gasteiger partial charge in [-0.3, -0.25) is 4.90 Å². The van der Waals surface area contributed by atoms with Crippen molar-refractivity contribution in [2.45, 2.75) is 30.2 Å². The van der Waals surface area contributed by atoms with Gasteiger partial charge in [0.05, 0.1) is 12.0 Å². The average Bonchev–Trinajstić information content (AvgIpc) is 3.30. The normalized spacial score (nSPS) is 21.8. The molecule has 1 saturated carbocycles. The van der Waals surface area contributed by atoms with Gasteiger partial charge in [-0.1, -0.05) is 12.1 Å². The van der Waals surface area contributed by atoms with Crippen molar-refractivity contribution in [2.75, 3.05) is 33.1 Å². The van der Waals surface area contributed by atoms with E-state index in [9.17, 15) is 8.42 Å². The summed E-state index contributed by atoms with van der Waals surface area (Å²) in [4.78, 5) is 2.87. The molecule has 2 fully saturated rings. The Morgan fingerprint density at radius 3 is 2.39 bits per heavy atom. The van der Waals surface area contributed by atoms with Crippen LogP contribution in [-0.4, -0.2) is 52.4 Å². The minimum Gasteiger partial charge on any atom is -0.497 e. The van der Waals surface area contributed by atoms with Crippen LogP contribution in [0.1, 0.15) is 19.3 Å². The molecule has 0 unspecified atom stereocenters. The van der Waals surface area contributed by atoms with Crippen molar-refractivity contribution in [3.63, 3.8) is 0 Å². The summed E-state index contributed by atoms with van der Waals surface area (Å²) in [5, 5.41) is 0. The van der Waals surface area contributed by atoms with Crippen LogP contribution in [0.15, 0.2) is 47.4 Å². The van der Waals surface area contributed by atoms with Gasteiger partial charge in [0.15, 0.2) is 9.84 Å². The Bertz CT molecular complexity index is 940. The van der Waals surface area contributed by atoms with E-state index in [-0.39, 0.29) is 0 Å². The van der Waals surface area contributed by atoms with Crippen molar-refractivity contribution in [1.82, 2.24) is 4.90 Å². The molecule has 0 amide bonds. The molecule has 0 radical (unpaired) electrons. The zero-order valence-corrected chi connectivity index (χ0v) is 17.2. The van der Waals surface area contributed by atoms with Crippen molar-refractivity contribution in [3.05, 3.63) is 42.5 Å². The van der Waals surface area contributed by atoms with Crippen molar-refractivity contribution < 1.29 is 17.9 Å². The minimum absolute atomic E-state index is 0.315. The van der Waals surface area contributed by atoms with Gasteiger partial charge in [-0.05, 0) is 60.6 Å². The summed E-state index contributed by atoms with van der Waals surface area (Å²) in [5.41, 5.74) is 1.86. The predicted octanol–water partition coefficient (Wildman–Crippen LogP) is 3.63. The summed E-state index contributed by atoms with van der Waals surface area (Å²) in [7, 11) is -1.57. The van der Waals surface area contributed by atoms with Crippen LogP contribution in [0.5, 0.6) is 11.5 Å². The van der Waals surface area contributed by atoms with Crippen molar-refractivity contribution in [1.29, 1.82) is 0 Å². The highest BCUT2D eigenvalue weighted by atomic mass is 32.2. The van der Waals surface area contributed by atoms with Crippen LogP contribution in [0.2, 0.25) is 0 Å². The highest BCUT2D eigenvalue weighted by Crippen LogP contribution is 2.37. The molecular weight excluding hydrogens is 374 g/mol. The van der Waals surface area contributed by atoms with E-state index in [2.05, 4.69) is 4.90 Å². The van der Waals surface area contributed by atoms with E-state index in [4.69, 9.17) is 9.47 Å². The number of ether oxygens (including phenoxy) is 2. The quantitative estimate of drug-likeness (QED) is 0.709. The fourth-order valence-corrected chi connectivity index (χ4v) is 5.05. The summed E-state index contributed by atoms with van der Waals surface area (Å²) in [5.74, 6) is 2.38. The van der Waals surface area contributed by atoms with Gasteiger partial charge in [0.2, 0.25) is 0 Å². The molecule has 1 aliphatic carbocycles. The molecule has 0 spiro atoms. The Labute approximate surface area is 167 Å². The molecule has 28 heavy (non-hydrogen) atoms. The first kappa shape index (κ1) is 19.3. The van der Waals surface area contributed by atoms with Gasteiger partial charge in [-0.15, -0.1) is 0 Å². The summed E-state index contributed by atoms with van der Waals surface area (Å²) >= 11 is 0. The second-order valence-electron chi connectivity index (χ2n) is 7.87. The molecule has 0 N–H and O–H groups in total. The van der Waals surface area contributed by atoms with E-state index in [0.29, 0.717) is 11.5 Å². The molecule has 2 atom stereocenters. The first-order chi connectivity index (χ1) is 13.4. The highest BCUT2D eigenvalue weighted by molar-refractivity contribution is 7.90. The van der Waals surface area contributed by atoms with E-state index in [1.807, 2.05) is 30.3 Å². The van der Waals surface area contributed by atoms with E-state index in [1.165, 1.54) is 32.1 Å². The van der Waals surface area contributed by atoms with Crippen LogP contribution in [-0.2, 0) is 9.84 Å². The van der Waals surface area contributed by atoms with Gasteiger partial charge in [0.25, 0.3) is 0 Å². The van der Waals surface area contributed by atoms with Gasteiger partial charge in [-0.25, -0.2) is 8.42 Å². The Morgan fingerprint density at radius 1 is 1.04 bits per heavy atom. The monoisotopic (exact) mass is 401 g/mol. The third-order valence-electron chi connectivity index (χ3n) is 5.90. The number of benzene rings is 2. The number of rotatable bonds is 7. The van der Waals surface area contributed by atoms with Crippen LogP contribution in [0.25, 0.3) is 11.1 Å². The lowest BCUT2D eigenvalue weighted by Gasteiger charge is -2.26. The first-order valence-electron chi connectivity index (χ1n) is 9.79. The topological polar surface area (TPSA) is 55.8 Å². The van der Waals surface area contributed by atoms with Crippen LogP contribution in [0, 0.1) is 5.92 Å². The van der Waals surface area contributed by atoms with Crippen LogP contribution < -0.4 is 9.47 Å². The summed E-state index contributed by atoms with van der Waals surface area (Å²) in [6.45, 7) is 2.82. The second kappa shape index (κ2) is 7.76. The van der Waals surface area contributed by atoms with Gasteiger partial charge in [-0.2, -0.15) is 0 Å². The Balaban J connectivity index is 1.46. The number of hydrogen-bond acceptors (Lipinski definition) is 5. The van der Waals surface area contributed by atoms with E-state index in [0.717, 1.165) is 41.1 Å². The molecular formula is C22H27NO4S. The Morgan fingerprint density at radius 2 is 1.79 bits per heavy atom. The number of fused-ring (bicyclic) bond motifs is 2. The van der Waals surface area contributed by atoms with Gasteiger partial charge >= 0.3 is 0 Å². The number of methoxy groups -OCH3 is 1. The maximum absolute atomic E-state index is 11.7. The number of sulfone groups is 1. The van der Waals surface area contributed by atoms with Crippen LogP contribution in [0.4, 0.5) is 0 Å². The predicted molar refractivity (Wildman–Crippen MR) is 110 cm³/mol. The third-order valence-corrected chi connectivity index (χ3v) is 7.03. The summed E-state index contributed by atoms with van der Waals surface area (Å²) in [6.07, 6.45) is 5.29. The third kappa shape index (κ3) is 4.18. The largest absolute Gasteiger partial charge is 0.497 e. The molecule has 150 valence electrons. The minimum atomic E-state index is -3.20. The average molecular weight is 402 g/mol. The van der Waals surface area contributed by atoms with Gasteiger partial charge < -0.3 is 9.47 Å². The molecule has 2 bridgehead atoms. The van der Waals surface area contributed by atoms with Crippen molar-refractivity contribution in [3.8, 4) is 22.6 Å².